The van der Waals surface area contributed by atoms with Crippen LogP contribution < -0.4 is 10.6 Å². The lowest BCUT2D eigenvalue weighted by atomic mass is 10.1. The summed E-state index contributed by atoms with van der Waals surface area (Å²) in [5.74, 6) is 2.33. The van der Waals surface area contributed by atoms with Crippen molar-refractivity contribution in [3.8, 4) is 0 Å². The number of hydrogen-bond acceptors (Lipinski definition) is 5. The molecular formula is C16H23N3O2S. The number of hydrogen-bond donors (Lipinski definition) is 3. The van der Waals surface area contributed by atoms with Crippen LogP contribution in [0.3, 0.4) is 0 Å². The molecule has 0 radical (unpaired) electrons. The van der Waals surface area contributed by atoms with Crippen LogP contribution in [0.1, 0.15) is 12.0 Å². The van der Waals surface area contributed by atoms with Crippen molar-refractivity contribution in [2.45, 2.75) is 25.1 Å². The molecule has 0 spiro atoms. The van der Waals surface area contributed by atoms with Crippen molar-refractivity contribution in [3.05, 3.63) is 29.8 Å². The number of benzene rings is 1. The second-order valence-corrected chi connectivity index (χ2v) is 7.15. The average Bonchev–Trinajstić information content (AvgIpc) is 2.95. The van der Waals surface area contributed by atoms with Crippen LogP contribution in [-0.4, -0.2) is 59.2 Å². The van der Waals surface area contributed by atoms with E-state index in [1.807, 2.05) is 30.0 Å². The summed E-state index contributed by atoms with van der Waals surface area (Å²) in [5.41, 5.74) is 2.06. The van der Waals surface area contributed by atoms with Gasteiger partial charge in [0.05, 0.1) is 12.1 Å². The molecule has 22 heavy (non-hydrogen) atoms. The zero-order valence-corrected chi connectivity index (χ0v) is 13.4. The first-order chi connectivity index (χ1) is 10.7. The zero-order valence-electron chi connectivity index (χ0n) is 12.6. The fourth-order valence-corrected chi connectivity index (χ4v) is 3.89. The molecule has 5 nitrogen and oxygen atoms in total. The maximum absolute atomic E-state index is 12.2. The molecule has 2 saturated heterocycles. The molecule has 2 fully saturated rings. The highest BCUT2D eigenvalue weighted by Crippen LogP contribution is 2.17. The molecule has 1 aromatic carbocycles. The van der Waals surface area contributed by atoms with Crippen LogP contribution in [0.5, 0.6) is 0 Å². The Bertz CT molecular complexity index is 520. The second kappa shape index (κ2) is 7.46. The Hall–Kier alpha value is -1.08. The molecule has 3 N–H and O–H groups in total. The monoisotopic (exact) mass is 321 g/mol. The molecule has 6 heteroatoms. The molecule has 2 aliphatic rings. The molecule has 2 aliphatic heterocycles. The third-order valence-electron chi connectivity index (χ3n) is 4.13. The molecule has 2 unspecified atom stereocenters. The van der Waals surface area contributed by atoms with Crippen molar-refractivity contribution in [2.75, 3.05) is 36.5 Å². The summed E-state index contributed by atoms with van der Waals surface area (Å²) >= 11 is 2.01. The van der Waals surface area contributed by atoms with Gasteiger partial charge in [-0.2, -0.15) is 11.8 Å². The van der Waals surface area contributed by atoms with E-state index in [9.17, 15) is 9.90 Å². The van der Waals surface area contributed by atoms with E-state index >= 15 is 0 Å². The summed E-state index contributed by atoms with van der Waals surface area (Å²) in [6.45, 7) is 3.69. The smallest absolute Gasteiger partial charge is 0.241 e. The van der Waals surface area contributed by atoms with Crippen molar-refractivity contribution in [1.82, 2.24) is 10.2 Å². The zero-order chi connectivity index (χ0) is 15.4. The number of β-amino-alcohol motifs (C(OH)–C–C–N with tert-alkyl or cyclic N) is 1. The van der Waals surface area contributed by atoms with E-state index in [2.05, 4.69) is 21.6 Å². The van der Waals surface area contributed by atoms with Crippen LogP contribution in [0.25, 0.3) is 0 Å². The van der Waals surface area contributed by atoms with Gasteiger partial charge in [-0.25, -0.2) is 0 Å². The Morgan fingerprint density at radius 2 is 2.23 bits per heavy atom. The number of rotatable bonds is 4. The molecule has 0 bridgehead atoms. The second-order valence-electron chi connectivity index (χ2n) is 5.93. The van der Waals surface area contributed by atoms with Crippen molar-refractivity contribution in [1.29, 1.82) is 0 Å². The van der Waals surface area contributed by atoms with Gasteiger partial charge < -0.3 is 15.7 Å². The SMILES string of the molecule is O=C(Nc1cccc(CN2CCSCC2)c1)C1CC(O)CN1. The summed E-state index contributed by atoms with van der Waals surface area (Å²) in [7, 11) is 0. The van der Waals surface area contributed by atoms with E-state index in [1.165, 1.54) is 17.1 Å². The number of nitrogens with one attached hydrogen (secondary N) is 2. The summed E-state index contributed by atoms with van der Waals surface area (Å²) in [6, 6.07) is 7.76. The van der Waals surface area contributed by atoms with Crippen LogP contribution in [0, 0.1) is 0 Å². The van der Waals surface area contributed by atoms with E-state index in [0.717, 1.165) is 25.3 Å². The summed E-state index contributed by atoms with van der Waals surface area (Å²) in [6.07, 6.45) is 0.0656. The topological polar surface area (TPSA) is 64.6 Å². The lowest BCUT2D eigenvalue weighted by molar-refractivity contribution is -0.117. The van der Waals surface area contributed by atoms with Crippen molar-refractivity contribution >= 4 is 23.4 Å². The lowest BCUT2D eigenvalue weighted by Gasteiger charge is -2.26. The molecule has 0 aliphatic carbocycles. The molecule has 0 saturated carbocycles. The minimum absolute atomic E-state index is 0.0666. The average molecular weight is 321 g/mol. The number of thioether (sulfide) groups is 1. The van der Waals surface area contributed by atoms with Crippen LogP contribution in [-0.2, 0) is 11.3 Å². The van der Waals surface area contributed by atoms with Crippen LogP contribution >= 0.6 is 11.8 Å². The van der Waals surface area contributed by atoms with E-state index in [4.69, 9.17) is 0 Å². The van der Waals surface area contributed by atoms with Crippen LogP contribution in [0.2, 0.25) is 0 Å². The van der Waals surface area contributed by atoms with E-state index in [0.29, 0.717) is 13.0 Å². The van der Waals surface area contributed by atoms with Crippen molar-refractivity contribution < 1.29 is 9.90 Å². The van der Waals surface area contributed by atoms with Gasteiger partial charge in [0.2, 0.25) is 5.91 Å². The highest BCUT2D eigenvalue weighted by atomic mass is 32.2. The molecular weight excluding hydrogens is 298 g/mol. The summed E-state index contributed by atoms with van der Waals surface area (Å²) < 4.78 is 0. The van der Waals surface area contributed by atoms with Gasteiger partial charge in [0.15, 0.2) is 0 Å². The number of carbonyl (C=O) groups is 1. The van der Waals surface area contributed by atoms with Gasteiger partial charge in [-0.1, -0.05) is 12.1 Å². The fourth-order valence-electron chi connectivity index (χ4n) is 2.91. The predicted octanol–water partition coefficient (Wildman–Crippen LogP) is 0.897. The highest BCUT2D eigenvalue weighted by molar-refractivity contribution is 7.99. The Balaban J connectivity index is 1.57. The quantitative estimate of drug-likeness (QED) is 0.769. The number of aliphatic hydroxyl groups excluding tert-OH is 1. The molecule has 2 atom stereocenters. The van der Waals surface area contributed by atoms with Gasteiger partial charge in [0.1, 0.15) is 0 Å². The maximum Gasteiger partial charge on any atom is 0.241 e. The van der Waals surface area contributed by atoms with E-state index in [-0.39, 0.29) is 11.9 Å². The molecule has 1 amide bonds. The Morgan fingerprint density at radius 1 is 1.41 bits per heavy atom. The maximum atomic E-state index is 12.2. The number of carbonyl (C=O) groups excluding carboxylic acids is 1. The molecule has 3 rings (SSSR count). The fraction of sp³-hybridized carbons (Fsp3) is 0.562. The summed E-state index contributed by atoms with van der Waals surface area (Å²) in [5, 5.41) is 15.5. The van der Waals surface area contributed by atoms with Crippen LogP contribution in [0.15, 0.2) is 24.3 Å². The molecule has 120 valence electrons. The molecule has 1 aromatic rings. The largest absolute Gasteiger partial charge is 0.392 e. The van der Waals surface area contributed by atoms with Gasteiger partial charge in [-0.3, -0.25) is 9.69 Å². The lowest BCUT2D eigenvalue weighted by Crippen LogP contribution is -2.35. The van der Waals surface area contributed by atoms with Gasteiger partial charge >= 0.3 is 0 Å². The summed E-state index contributed by atoms with van der Waals surface area (Å²) in [4.78, 5) is 14.6. The third kappa shape index (κ3) is 4.23. The normalized spacial score (nSPS) is 26.0. The minimum Gasteiger partial charge on any atom is -0.392 e. The highest BCUT2D eigenvalue weighted by Gasteiger charge is 2.27. The molecule has 0 aromatic heterocycles. The first kappa shape index (κ1) is 15.8. The standard InChI is InChI=1S/C16H23N3O2S/c20-14-9-15(17-10-14)16(21)18-13-3-1-2-12(8-13)11-19-4-6-22-7-5-19/h1-3,8,14-15,17,20H,4-7,9-11H2,(H,18,21). The molecule has 2 heterocycles. The number of aliphatic hydroxyl groups is 1. The number of amides is 1. The van der Waals surface area contributed by atoms with Gasteiger partial charge in [-0.05, 0) is 24.1 Å². The van der Waals surface area contributed by atoms with E-state index in [1.54, 1.807) is 0 Å². The Morgan fingerprint density at radius 3 is 2.95 bits per heavy atom. The van der Waals surface area contributed by atoms with E-state index < -0.39 is 6.10 Å². The first-order valence-electron chi connectivity index (χ1n) is 7.82. The van der Waals surface area contributed by atoms with Crippen molar-refractivity contribution in [3.63, 3.8) is 0 Å². The number of anilines is 1. The van der Waals surface area contributed by atoms with Gasteiger partial charge in [-0.15, -0.1) is 0 Å². The Labute approximate surface area is 135 Å². The number of nitrogens with zero attached hydrogens (tertiary/aromatic N) is 1. The third-order valence-corrected chi connectivity index (χ3v) is 5.07. The van der Waals surface area contributed by atoms with Gasteiger partial charge in [0.25, 0.3) is 0 Å². The first-order valence-corrected chi connectivity index (χ1v) is 8.97. The Kier molecular flexibility index (Phi) is 5.36. The van der Waals surface area contributed by atoms with Crippen molar-refractivity contribution in [2.24, 2.45) is 0 Å². The minimum atomic E-state index is -0.418. The predicted molar refractivity (Wildman–Crippen MR) is 90.1 cm³/mol. The van der Waals surface area contributed by atoms with Crippen LogP contribution in [0.4, 0.5) is 5.69 Å². The van der Waals surface area contributed by atoms with Gasteiger partial charge in [0, 0.05) is 43.4 Å².